The Hall–Kier alpha value is -1.73. The minimum atomic E-state index is -3.87. The second-order valence-corrected chi connectivity index (χ2v) is 7.19. The van der Waals surface area contributed by atoms with Crippen LogP contribution in [-0.2, 0) is 21.1 Å². The topological polar surface area (TPSA) is 94.3 Å². The fourth-order valence-corrected chi connectivity index (χ4v) is 3.87. The summed E-state index contributed by atoms with van der Waals surface area (Å²) in [6.07, 6.45) is 0. The van der Waals surface area contributed by atoms with Crippen LogP contribution in [0.2, 0.25) is 0 Å². The van der Waals surface area contributed by atoms with Crippen molar-refractivity contribution in [2.24, 2.45) is 11.7 Å². The van der Waals surface area contributed by atoms with E-state index in [0.717, 1.165) is 5.57 Å². The van der Waals surface area contributed by atoms with Gasteiger partial charge in [0.15, 0.2) is 0 Å². The summed E-state index contributed by atoms with van der Waals surface area (Å²) in [5, 5.41) is 0. The summed E-state index contributed by atoms with van der Waals surface area (Å²) in [7, 11) is -3.87. The molecule has 0 radical (unpaired) electrons. The van der Waals surface area contributed by atoms with Gasteiger partial charge in [0.05, 0.1) is 4.90 Å². The zero-order valence-electron chi connectivity index (χ0n) is 10.7. The van der Waals surface area contributed by atoms with Gasteiger partial charge in [0.25, 0.3) is 0 Å². The first kappa shape index (κ1) is 14.7. The molecule has 2 N–H and O–H groups in total. The van der Waals surface area contributed by atoms with Gasteiger partial charge in [-0.1, -0.05) is 25.1 Å². The summed E-state index contributed by atoms with van der Waals surface area (Å²) in [6.45, 7) is 5.81. The second kappa shape index (κ2) is 4.99. The number of allylic oxidation sites excluding steroid dienone is 1. The van der Waals surface area contributed by atoms with E-state index in [9.17, 15) is 17.4 Å². The Morgan fingerprint density at radius 2 is 2.05 bits per heavy atom. The van der Waals surface area contributed by atoms with Crippen LogP contribution >= 0.6 is 0 Å². The Labute approximate surface area is 120 Å². The van der Waals surface area contributed by atoms with Crippen LogP contribution in [0.3, 0.4) is 0 Å². The van der Waals surface area contributed by atoms with Crippen molar-refractivity contribution in [1.29, 1.82) is 0 Å². The van der Waals surface area contributed by atoms with E-state index in [0.29, 0.717) is 10.3 Å². The van der Waals surface area contributed by atoms with Gasteiger partial charge < -0.3 is 5.73 Å². The lowest BCUT2D eigenvalue weighted by Crippen LogP contribution is -2.13. The molecule has 1 aromatic rings. The summed E-state index contributed by atoms with van der Waals surface area (Å²) in [5.74, 6) is -0.597. The Balaban J connectivity index is 2.67. The molecule has 0 saturated heterocycles. The largest absolute Gasteiger partial charge is 0.366 e. The quantitative estimate of drug-likeness (QED) is 0.658. The highest BCUT2D eigenvalue weighted by Gasteiger charge is 2.42. The van der Waals surface area contributed by atoms with Crippen LogP contribution in [0.4, 0.5) is 0 Å². The first-order valence-corrected chi connectivity index (χ1v) is 8.14. The van der Waals surface area contributed by atoms with E-state index in [1.54, 1.807) is 6.07 Å². The van der Waals surface area contributed by atoms with Crippen LogP contribution < -0.4 is 5.73 Å². The van der Waals surface area contributed by atoms with Crippen molar-refractivity contribution in [3.8, 4) is 0 Å². The van der Waals surface area contributed by atoms with Gasteiger partial charge in [0, 0.05) is 11.5 Å². The Morgan fingerprint density at radius 3 is 2.50 bits per heavy atom. The number of nitrogens with two attached hydrogens (primary N) is 1. The third-order valence-electron chi connectivity index (χ3n) is 3.48. The summed E-state index contributed by atoms with van der Waals surface area (Å²) in [6, 6.07) is 4.27. The van der Waals surface area contributed by atoms with E-state index in [2.05, 4.69) is 6.58 Å². The number of hydrogen-bond acceptors (Lipinski definition) is 4. The lowest BCUT2D eigenvalue weighted by molar-refractivity contribution is 0.1000. The minimum absolute atomic E-state index is 0.0485. The first-order valence-electron chi connectivity index (χ1n) is 5.79. The van der Waals surface area contributed by atoms with Crippen molar-refractivity contribution in [3.05, 3.63) is 41.5 Å². The van der Waals surface area contributed by atoms with E-state index in [-0.39, 0.29) is 33.6 Å². The Morgan fingerprint density at radius 1 is 1.45 bits per heavy atom. The highest BCUT2D eigenvalue weighted by atomic mass is 32.2. The van der Waals surface area contributed by atoms with Crippen molar-refractivity contribution < 1.29 is 17.4 Å². The summed E-state index contributed by atoms with van der Waals surface area (Å²) in [5.41, 5.74) is 6.75. The highest BCUT2D eigenvalue weighted by molar-refractivity contribution is 8.12. The third kappa shape index (κ3) is 2.46. The number of rotatable bonds is 4. The molecule has 1 saturated carbocycles. The molecule has 1 aromatic carbocycles. The fraction of sp³-hybridized carbons (Fsp3) is 0.231. The molecule has 1 fully saturated rings. The predicted octanol–water partition coefficient (Wildman–Crippen LogP) is 0.821. The molecule has 0 aliphatic heterocycles. The first-order chi connectivity index (χ1) is 9.29. The van der Waals surface area contributed by atoms with Gasteiger partial charge in [-0.25, -0.2) is 12.6 Å². The standard InChI is InChI=1S/C13H13NO4S2/c1-7-8(2)12(7)10-4-3-9(13(14)15)5-11(10)20(17,18)6-19-16/h3-6,8,12H,1H2,2H3,(H2,14,15). The molecule has 0 aromatic heterocycles. The van der Waals surface area contributed by atoms with E-state index >= 15 is 0 Å². The molecule has 0 heterocycles. The van der Waals surface area contributed by atoms with Crippen molar-refractivity contribution in [2.45, 2.75) is 17.7 Å². The molecule has 2 unspecified atom stereocenters. The Kier molecular flexibility index (Phi) is 3.66. The maximum absolute atomic E-state index is 12.1. The van der Waals surface area contributed by atoms with Gasteiger partial charge in [-0.05, 0) is 23.6 Å². The van der Waals surface area contributed by atoms with Gasteiger partial charge in [0.2, 0.25) is 15.7 Å². The molecular formula is C13H13NO4S2. The molecule has 106 valence electrons. The Bertz CT molecular complexity index is 761. The molecule has 2 atom stereocenters. The SMILES string of the molecule is C=C1C(C)C1c1ccc(C(N)=O)cc1S(=O)(=O)C=S=O. The van der Waals surface area contributed by atoms with Gasteiger partial charge in [-0.15, -0.1) is 0 Å². The molecule has 1 amide bonds. The zero-order chi connectivity index (χ0) is 15.1. The van der Waals surface area contributed by atoms with Crippen LogP contribution in [0.1, 0.15) is 28.8 Å². The van der Waals surface area contributed by atoms with Crippen molar-refractivity contribution in [2.75, 3.05) is 0 Å². The van der Waals surface area contributed by atoms with E-state index in [4.69, 9.17) is 5.73 Å². The maximum atomic E-state index is 12.1. The van der Waals surface area contributed by atoms with E-state index in [1.165, 1.54) is 12.1 Å². The normalized spacial score (nSPS) is 21.4. The van der Waals surface area contributed by atoms with Crippen LogP contribution in [-0.4, -0.2) is 23.2 Å². The number of benzene rings is 1. The predicted molar refractivity (Wildman–Crippen MR) is 77.4 cm³/mol. The molecule has 7 heteroatoms. The molecule has 2 rings (SSSR count). The second-order valence-electron chi connectivity index (χ2n) is 4.70. The molecule has 5 nitrogen and oxygen atoms in total. The average molecular weight is 311 g/mol. The van der Waals surface area contributed by atoms with E-state index < -0.39 is 15.7 Å². The highest BCUT2D eigenvalue weighted by Crippen LogP contribution is 2.53. The van der Waals surface area contributed by atoms with E-state index in [1.807, 2.05) is 6.92 Å². The van der Waals surface area contributed by atoms with Crippen LogP contribution in [0.5, 0.6) is 0 Å². The van der Waals surface area contributed by atoms with Gasteiger partial charge in [-0.3, -0.25) is 4.79 Å². The van der Waals surface area contributed by atoms with Crippen molar-refractivity contribution >= 4 is 31.7 Å². The summed E-state index contributed by atoms with van der Waals surface area (Å²) < 4.78 is 35.4. The maximum Gasteiger partial charge on any atom is 0.248 e. The molecular weight excluding hydrogens is 298 g/mol. The lowest BCUT2D eigenvalue weighted by atomic mass is 10.1. The van der Waals surface area contributed by atoms with Crippen LogP contribution in [0.15, 0.2) is 35.2 Å². The van der Waals surface area contributed by atoms with Crippen molar-refractivity contribution in [1.82, 2.24) is 0 Å². The molecule has 0 spiro atoms. The third-order valence-corrected chi connectivity index (χ3v) is 5.78. The number of carbonyl (C=O) groups is 1. The molecule has 1 aliphatic rings. The van der Waals surface area contributed by atoms with Gasteiger partial charge in [0.1, 0.15) is 16.0 Å². The van der Waals surface area contributed by atoms with Crippen LogP contribution in [0, 0.1) is 5.92 Å². The minimum Gasteiger partial charge on any atom is -0.366 e. The lowest BCUT2D eigenvalue weighted by Gasteiger charge is -2.08. The zero-order valence-corrected chi connectivity index (χ0v) is 12.3. The summed E-state index contributed by atoms with van der Waals surface area (Å²) in [4.78, 5) is 11.1. The number of primary amides is 1. The van der Waals surface area contributed by atoms with Crippen LogP contribution in [0.25, 0.3) is 0 Å². The van der Waals surface area contributed by atoms with Gasteiger partial charge in [-0.2, -0.15) is 0 Å². The molecule has 1 aliphatic carbocycles. The monoisotopic (exact) mass is 311 g/mol. The number of hydrogen-bond donors (Lipinski definition) is 1. The number of amides is 1. The smallest absolute Gasteiger partial charge is 0.248 e. The average Bonchev–Trinajstić information content (AvgIpc) is 2.96. The van der Waals surface area contributed by atoms with Crippen molar-refractivity contribution in [3.63, 3.8) is 0 Å². The fourth-order valence-electron chi connectivity index (χ4n) is 2.23. The summed E-state index contributed by atoms with van der Waals surface area (Å²) >= 11 is -0.141. The van der Waals surface area contributed by atoms with Gasteiger partial charge >= 0.3 is 0 Å². The number of carbonyl (C=O) groups excluding carboxylic acids is 1. The number of sulfone groups is 1. The molecule has 0 bridgehead atoms. The molecule has 20 heavy (non-hydrogen) atoms.